The lowest BCUT2D eigenvalue weighted by molar-refractivity contribution is 0.195. The maximum absolute atomic E-state index is 9.68. The van der Waals surface area contributed by atoms with Crippen molar-refractivity contribution < 1.29 is 9.84 Å². The van der Waals surface area contributed by atoms with Gasteiger partial charge in [0.25, 0.3) is 0 Å². The molecule has 0 amide bonds. The summed E-state index contributed by atoms with van der Waals surface area (Å²) in [5.74, 6) is 1.34. The molecule has 0 aliphatic heterocycles. The molecule has 1 aromatic carbocycles. The number of hydrogen-bond acceptors (Lipinski definition) is 3. The number of hydrogen-bond donors (Lipinski definition) is 1. The second kappa shape index (κ2) is 5.23. The van der Waals surface area contributed by atoms with Gasteiger partial charge in [-0.1, -0.05) is 18.2 Å². The van der Waals surface area contributed by atoms with Gasteiger partial charge in [0.15, 0.2) is 5.75 Å². The van der Waals surface area contributed by atoms with Crippen LogP contribution in [0.1, 0.15) is 38.5 Å². The molecule has 4 heteroatoms. The third-order valence-corrected chi connectivity index (χ3v) is 2.70. The fourth-order valence-corrected chi connectivity index (χ4v) is 1.70. The van der Waals surface area contributed by atoms with E-state index in [4.69, 9.17) is 4.74 Å². The van der Waals surface area contributed by atoms with Gasteiger partial charge in [0.05, 0.1) is 18.5 Å². The molecule has 1 aromatic heterocycles. The molecule has 1 unspecified atom stereocenters. The van der Waals surface area contributed by atoms with Crippen molar-refractivity contribution in [1.29, 1.82) is 0 Å². The van der Waals surface area contributed by atoms with Gasteiger partial charge in [-0.3, -0.25) is 4.68 Å². The predicted molar refractivity (Wildman–Crippen MR) is 69.8 cm³/mol. The van der Waals surface area contributed by atoms with E-state index in [1.165, 1.54) is 0 Å². The Morgan fingerprint density at radius 2 is 1.94 bits per heavy atom. The smallest absolute Gasteiger partial charge is 0.165 e. The topological polar surface area (TPSA) is 47.3 Å². The monoisotopic (exact) mass is 246 g/mol. The van der Waals surface area contributed by atoms with Crippen molar-refractivity contribution >= 4 is 0 Å². The van der Waals surface area contributed by atoms with Crippen molar-refractivity contribution in [2.24, 2.45) is 0 Å². The minimum absolute atomic E-state index is 0.300. The van der Waals surface area contributed by atoms with Crippen molar-refractivity contribution in [3.8, 4) is 11.5 Å². The molecule has 18 heavy (non-hydrogen) atoms. The minimum atomic E-state index is -0.554. The summed E-state index contributed by atoms with van der Waals surface area (Å²) < 4.78 is 7.59. The van der Waals surface area contributed by atoms with Crippen molar-refractivity contribution in [1.82, 2.24) is 9.78 Å². The Bertz CT molecular complexity index is 518. The molecule has 0 radical (unpaired) electrons. The van der Waals surface area contributed by atoms with E-state index in [0.29, 0.717) is 17.5 Å². The van der Waals surface area contributed by atoms with Crippen LogP contribution < -0.4 is 4.74 Å². The summed E-state index contributed by atoms with van der Waals surface area (Å²) in [6.45, 7) is 5.83. The summed E-state index contributed by atoms with van der Waals surface area (Å²) in [7, 11) is 0. The number of rotatable bonds is 4. The van der Waals surface area contributed by atoms with Crippen LogP contribution in [0.4, 0.5) is 0 Å². The molecule has 1 heterocycles. The fourth-order valence-electron chi connectivity index (χ4n) is 1.70. The minimum Gasteiger partial charge on any atom is -0.454 e. The molecule has 2 rings (SSSR count). The van der Waals surface area contributed by atoms with Gasteiger partial charge in [-0.2, -0.15) is 5.10 Å². The van der Waals surface area contributed by atoms with Crippen LogP contribution >= 0.6 is 0 Å². The summed E-state index contributed by atoms with van der Waals surface area (Å²) in [6.07, 6.45) is 2.98. The first kappa shape index (κ1) is 12.6. The SMILES string of the molecule is CC(O)c1ccccc1Oc1cnn(C(C)C)c1. The Morgan fingerprint density at radius 1 is 1.22 bits per heavy atom. The van der Waals surface area contributed by atoms with Crippen LogP contribution in [-0.4, -0.2) is 14.9 Å². The van der Waals surface area contributed by atoms with Crippen LogP contribution in [0.2, 0.25) is 0 Å². The number of aromatic nitrogens is 2. The predicted octanol–water partition coefficient (Wildman–Crippen LogP) is 3.31. The zero-order valence-corrected chi connectivity index (χ0v) is 10.9. The fraction of sp³-hybridized carbons (Fsp3) is 0.357. The van der Waals surface area contributed by atoms with Crippen LogP contribution in [0, 0.1) is 0 Å². The maximum atomic E-state index is 9.68. The highest BCUT2D eigenvalue weighted by Gasteiger charge is 2.10. The molecule has 0 aliphatic rings. The molecule has 1 N–H and O–H groups in total. The van der Waals surface area contributed by atoms with E-state index in [0.717, 1.165) is 5.56 Å². The van der Waals surface area contributed by atoms with Crippen LogP contribution in [0.3, 0.4) is 0 Å². The van der Waals surface area contributed by atoms with Crippen molar-refractivity contribution in [2.75, 3.05) is 0 Å². The standard InChI is InChI=1S/C14H18N2O2/c1-10(2)16-9-12(8-15-16)18-14-7-5-4-6-13(14)11(3)17/h4-11,17H,1-3H3. The van der Waals surface area contributed by atoms with Crippen molar-refractivity contribution in [2.45, 2.75) is 32.9 Å². The van der Waals surface area contributed by atoms with Gasteiger partial charge < -0.3 is 9.84 Å². The molecule has 0 spiro atoms. The normalized spacial score (nSPS) is 12.7. The molecular formula is C14H18N2O2. The highest BCUT2D eigenvalue weighted by Crippen LogP contribution is 2.29. The maximum Gasteiger partial charge on any atom is 0.165 e. The van der Waals surface area contributed by atoms with E-state index in [-0.39, 0.29) is 0 Å². The van der Waals surface area contributed by atoms with Crippen molar-refractivity contribution in [3.63, 3.8) is 0 Å². The molecule has 2 aromatic rings. The number of aliphatic hydroxyl groups is 1. The molecule has 1 atom stereocenters. The van der Waals surface area contributed by atoms with Crippen molar-refractivity contribution in [3.05, 3.63) is 42.2 Å². The van der Waals surface area contributed by atoms with Crippen LogP contribution in [-0.2, 0) is 0 Å². The number of nitrogens with zero attached hydrogens (tertiary/aromatic N) is 2. The van der Waals surface area contributed by atoms with Crippen LogP contribution in [0.25, 0.3) is 0 Å². The summed E-state index contributed by atoms with van der Waals surface area (Å²) >= 11 is 0. The molecule has 0 saturated heterocycles. The van der Waals surface area contributed by atoms with Crippen LogP contribution in [0.15, 0.2) is 36.7 Å². The highest BCUT2D eigenvalue weighted by atomic mass is 16.5. The second-order valence-corrected chi connectivity index (χ2v) is 4.57. The van der Waals surface area contributed by atoms with Gasteiger partial charge in [-0.25, -0.2) is 0 Å². The van der Waals surface area contributed by atoms with Gasteiger partial charge in [0, 0.05) is 11.6 Å². The van der Waals surface area contributed by atoms with E-state index >= 15 is 0 Å². The summed E-state index contributed by atoms with van der Waals surface area (Å²) in [5, 5.41) is 13.9. The highest BCUT2D eigenvalue weighted by molar-refractivity contribution is 5.37. The average molecular weight is 246 g/mol. The quantitative estimate of drug-likeness (QED) is 0.900. The van der Waals surface area contributed by atoms with E-state index < -0.39 is 6.10 Å². The Labute approximate surface area is 107 Å². The average Bonchev–Trinajstić information content (AvgIpc) is 2.78. The molecular weight excluding hydrogens is 228 g/mol. The largest absolute Gasteiger partial charge is 0.454 e. The zero-order chi connectivity index (χ0) is 13.1. The number of ether oxygens (including phenoxy) is 1. The lowest BCUT2D eigenvalue weighted by Crippen LogP contribution is -1.99. The molecule has 0 aliphatic carbocycles. The Kier molecular flexibility index (Phi) is 3.67. The molecule has 0 fully saturated rings. The number of aliphatic hydroxyl groups excluding tert-OH is 1. The van der Waals surface area contributed by atoms with Gasteiger partial charge in [-0.05, 0) is 26.8 Å². The van der Waals surface area contributed by atoms with Gasteiger partial charge >= 0.3 is 0 Å². The van der Waals surface area contributed by atoms with Crippen LogP contribution in [0.5, 0.6) is 11.5 Å². The second-order valence-electron chi connectivity index (χ2n) is 4.57. The first-order valence-electron chi connectivity index (χ1n) is 6.07. The first-order chi connectivity index (χ1) is 8.58. The van der Waals surface area contributed by atoms with Gasteiger partial charge in [0.2, 0.25) is 0 Å². The van der Waals surface area contributed by atoms with E-state index in [1.807, 2.05) is 35.1 Å². The third-order valence-electron chi connectivity index (χ3n) is 2.70. The van der Waals surface area contributed by atoms with E-state index in [2.05, 4.69) is 18.9 Å². The van der Waals surface area contributed by atoms with Gasteiger partial charge in [-0.15, -0.1) is 0 Å². The molecule has 4 nitrogen and oxygen atoms in total. The Hall–Kier alpha value is -1.81. The summed E-state index contributed by atoms with van der Waals surface area (Å²) in [6, 6.07) is 7.76. The van der Waals surface area contributed by atoms with Gasteiger partial charge in [0.1, 0.15) is 5.75 Å². The number of para-hydroxylation sites is 1. The lowest BCUT2D eigenvalue weighted by atomic mass is 10.1. The lowest BCUT2D eigenvalue weighted by Gasteiger charge is -2.11. The zero-order valence-electron chi connectivity index (χ0n) is 10.9. The summed E-state index contributed by atoms with van der Waals surface area (Å²) in [4.78, 5) is 0. The molecule has 0 bridgehead atoms. The molecule has 0 saturated carbocycles. The Morgan fingerprint density at radius 3 is 2.56 bits per heavy atom. The van der Waals surface area contributed by atoms with E-state index in [9.17, 15) is 5.11 Å². The third kappa shape index (κ3) is 2.71. The first-order valence-corrected chi connectivity index (χ1v) is 6.07. The molecule has 96 valence electrons. The Balaban J connectivity index is 2.23. The summed E-state index contributed by atoms with van der Waals surface area (Å²) in [5.41, 5.74) is 0.773. The van der Waals surface area contributed by atoms with E-state index in [1.54, 1.807) is 13.1 Å². The number of benzene rings is 1.